The molecule has 1 aliphatic rings. The fourth-order valence-electron chi connectivity index (χ4n) is 4.49. The lowest BCUT2D eigenvalue weighted by atomic mass is 9.92. The van der Waals surface area contributed by atoms with Gasteiger partial charge in [-0.05, 0) is 24.3 Å². The molecule has 4 amide bonds. The lowest BCUT2D eigenvalue weighted by Crippen LogP contribution is -2.65. The molecule has 5 N–H and O–H groups in total. The smallest absolute Gasteiger partial charge is 0.265 e. The van der Waals surface area contributed by atoms with Gasteiger partial charge in [0.1, 0.15) is 30.0 Å². The molecule has 1 aromatic carbocycles. The van der Waals surface area contributed by atoms with Gasteiger partial charge in [0, 0.05) is 6.42 Å². The molecule has 1 aromatic rings. The van der Waals surface area contributed by atoms with Crippen molar-refractivity contribution >= 4 is 39.5 Å². The van der Waals surface area contributed by atoms with Crippen LogP contribution in [0.25, 0.3) is 0 Å². The van der Waals surface area contributed by atoms with Crippen molar-refractivity contribution < 1.29 is 36.9 Å². The predicted octanol–water partition coefficient (Wildman–Crippen LogP) is 0.367. The van der Waals surface area contributed by atoms with Gasteiger partial charge < -0.3 is 21.3 Å². The van der Waals surface area contributed by atoms with E-state index in [1.807, 2.05) is 6.92 Å². The fourth-order valence-corrected chi connectivity index (χ4v) is 5.37. The Kier molecular flexibility index (Phi) is 11.8. The lowest BCUT2D eigenvalue weighted by Gasteiger charge is -2.34. The summed E-state index contributed by atoms with van der Waals surface area (Å²) in [5.74, 6) is -7.37. The van der Waals surface area contributed by atoms with Crippen molar-refractivity contribution in [3.63, 3.8) is 0 Å². The van der Waals surface area contributed by atoms with E-state index in [-0.39, 0.29) is 12.3 Å². The Morgan fingerprint density at radius 1 is 0.800 bits per heavy atom. The minimum atomic E-state index is -4.75. The second kappa shape index (κ2) is 14.4. The summed E-state index contributed by atoms with van der Waals surface area (Å²) in [4.78, 5) is 66.6. The van der Waals surface area contributed by atoms with Crippen molar-refractivity contribution in [1.29, 1.82) is 0 Å². The van der Waals surface area contributed by atoms with E-state index in [0.29, 0.717) is 18.4 Å². The summed E-state index contributed by atoms with van der Waals surface area (Å²) in [6.45, 7) is 8.17. The molecule has 0 aliphatic carbocycles. The van der Waals surface area contributed by atoms with Crippen LogP contribution < -0.4 is 21.3 Å². The average Bonchev–Trinajstić information content (AvgIpc) is 2.89. The van der Waals surface area contributed by atoms with Crippen LogP contribution in [0.15, 0.2) is 30.3 Å². The summed E-state index contributed by atoms with van der Waals surface area (Å²) < 4.78 is 33.0. The van der Waals surface area contributed by atoms with Crippen LogP contribution in [0, 0.1) is 17.8 Å². The van der Waals surface area contributed by atoms with Crippen molar-refractivity contribution in [3.05, 3.63) is 35.9 Å². The van der Waals surface area contributed by atoms with Crippen LogP contribution in [0.3, 0.4) is 0 Å². The van der Waals surface area contributed by atoms with Crippen LogP contribution in [0.4, 0.5) is 0 Å². The van der Waals surface area contributed by atoms with E-state index in [4.69, 9.17) is 0 Å². The molecular weight excluding hydrogens is 540 g/mol. The number of benzene rings is 1. The maximum atomic E-state index is 13.6. The third-order valence-electron chi connectivity index (χ3n) is 7.40. The Labute approximate surface area is 235 Å². The van der Waals surface area contributed by atoms with Crippen LogP contribution in [0.1, 0.15) is 53.0 Å². The van der Waals surface area contributed by atoms with Crippen LogP contribution >= 0.6 is 0 Å². The van der Waals surface area contributed by atoms with Crippen molar-refractivity contribution in [2.75, 3.05) is 5.75 Å². The topological polar surface area (TPSA) is 188 Å². The standard InChI is InChI=1S/C27H40N4O8S/c1-6-15(3)21-25(34)30-22(16(4)7-2)26(35)31-23(19(17(5)32)14-40(37,38)39)27(36)28-20(24(33)29-21)13-18-11-9-8-10-12-18/h8-12,15-16,19-23H,6-7,13-14H2,1-5H3,(H,28,36)(H,29,33)(H,30,34)(H,31,35)(H,37,38,39)/t15-,16-,19?,20-,21-,22-,23?/m0/s1. The first-order valence-electron chi connectivity index (χ1n) is 13.4. The molecule has 2 rings (SSSR count). The Morgan fingerprint density at radius 3 is 1.70 bits per heavy atom. The van der Waals surface area contributed by atoms with Gasteiger partial charge in [0.15, 0.2) is 0 Å². The summed E-state index contributed by atoms with van der Waals surface area (Å²) in [7, 11) is -4.75. The number of rotatable bonds is 10. The molecule has 2 unspecified atom stereocenters. The summed E-state index contributed by atoms with van der Waals surface area (Å²) in [6.07, 6.45) is 0.995. The predicted molar refractivity (Wildman–Crippen MR) is 147 cm³/mol. The molecule has 1 heterocycles. The van der Waals surface area contributed by atoms with E-state index in [1.54, 1.807) is 51.1 Å². The van der Waals surface area contributed by atoms with Crippen LogP contribution in [-0.2, 0) is 40.5 Å². The van der Waals surface area contributed by atoms with Crippen molar-refractivity contribution in [2.24, 2.45) is 17.8 Å². The molecule has 0 spiro atoms. The average molecular weight is 581 g/mol. The highest BCUT2D eigenvalue weighted by atomic mass is 32.2. The van der Waals surface area contributed by atoms with Crippen molar-refractivity contribution in [2.45, 2.75) is 78.0 Å². The zero-order valence-electron chi connectivity index (χ0n) is 23.5. The van der Waals surface area contributed by atoms with Gasteiger partial charge in [-0.1, -0.05) is 70.9 Å². The zero-order chi connectivity index (χ0) is 30.2. The van der Waals surface area contributed by atoms with E-state index in [0.717, 1.165) is 6.92 Å². The highest BCUT2D eigenvalue weighted by molar-refractivity contribution is 7.85. The van der Waals surface area contributed by atoms with Crippen molar-refractivity contribution in [3.8, 4) is 0 Å². The summed E-state index contributed by atoms with van der Waals surface area (Å²) in [5.41, 5.74) is 0.679. The number of Topliss-reactive ketones (excluding diaryl/α,β-unsaturated/α-hetero) is 1. The number of carbonyl (C=O) groups excluding carboxylic acids is 5. The molecule has 0 aromatic heterocycles. The molecular formula is C27H40N4O8S. The van der Waals surface area contributed by atoms with E-state index in [9.17, 15) is 36.9 Å². The highest BCUT2D eigenvalue weighted by Gasteiger charge is 2.41. The zero-order valence-corrected chi connectivity index (χ0v) is 24.3. The van der Waals surface area contributed by atoms with Gasteiger partial charge in [-0.25, -0.2) is 0 Å². The molecule has 7 atom stereocenters. The Hall–Kier alpha value is -3.32. The first-order chi connectivity index (χ1) is 18.7. The largest absolute Gasteiger partial charge is 0.342 e. The Bertz CT molecular complexity index is 1190. The molecule has 12 nitrogen and oxygen atoms in total. The number of ketones is 1. The van der Waals surface area contributed by atoms with Gasteiger partial charge in [0.2, 0.25) is 23.6 Å². The van der Waals surface area contributed by atoms with E-state index < -0.39 is 81.3 Å². The van der Waals surface area contributed by atoms with Gasteiger partial charge in [-0.2, -0.15) is 8.42 Å². The van der Waals surface area contributed by atoms with E-state index >= 15 is 0 Å². The van der Waals surface area contributed by atoms with Crippen LogP contribution in [0.5, 0.6) is 0 Å². The molecule has 40 heavy (non-hydrogen) atoms. The highest BCUT2D eigenvalue weighted by Crippen LogP contribution is 2.17. The Balaban J connectivity index is 2.64. The number of nitrogens with one attached hydrogen (secondary N) is 4. The maximum Gasteiger partial charge on any atom is 0.265 e. The summed E-state index contributed by atoms with van der Waals surface area (Å²) >= 11 is 0. The van der Waals surface area contributed by atoms with Crippen LogP contribution in [0.2, 0.25) is 0 Å². The quantitative estimate of drug-likeness (QED) is 0.245. The number of carbonyl (C=O) groups is 5. The fraction of sp³-hybridized carbons (Fsp3) is 0.593. The maximum absolute atomic E-state index is 13.6. The first kappa shape index (κ1) is 32.9. The van der Waals surface area contributed by atoms with E-state index in [2.05, 4.69) is 21.3 Å². The molecule has 0 bridgehead atoms. The second-order valence-electron chi connectivity index (χ2n) is 10.4. The number of hydrogen-bond acceptors (Lipinski definition) is 7. The minimum Gasteiger partial charge on any atom is -0.342 e. The molecule has 0 radical (unpaired) electrons. The molecule has 1 saturated heterocycles. The summed E-state index contributed by atoms with van der Waals surface area (Å²) in [6, 6.07) is 3.58. The third kappa shape index (κ3) is 9.12. The molecule has 222 valence electrons. The number of amides is 4. The minimum absolute atomic E-state index is 0.00640. The first-order valence-corrected chi connectivity index (χ1v) is 15.0. The number of hydrogen-bond donors (Lipinski definition) is 5. The Morgan fingerprint density at radius 2 is 1.25 bits per heavy atom. The van der Waals surface area contributed by atoms with Gasteiger partial charge in [0.05, 0.1) is 11.7 Å². The lowest BCUT2D eigenvalue weighted by molar-refractivity contribution is -0.139. The molecule has 1 aliphatic heterocycles. The van der Waals surface area contributed by atoms with Gasteiger partial charge in [0.25, 0.3) is 10.1 Å². The summed E-state index contributed by atoms with van der Waals surface area (Å²) in [5, 5.41) is 10.4. The molecule has 0 saturated carbocycles. The molecule has 1 fully saturated rings. The van der Waals surface area contributed by atoms with E-state index in [1.165, 1.54) is 0 Å². The normalized spacial score (nSPS) is 25.1. The van der Waals surface area contributed by atoms with Crippen molar-refractivity contribution in [1.82, 2.24) is 21.3 Å². The second-order valence-corrected chi connectivity index (χ2v) is 11.9. The van der Waals surface area contributed by atoms with Crippen LogP contribution in [-0.4, -0.2) is 72.3 Å². The monoisotopic (exact) mass is 580 g/mol. The SMILES string of the molecule is CC[C@H](C)[C@@H]1NC(=O)[C@H](Cc2ccccc2)NC(=O)C(C(CS(=O)(=O)O)C(C)=O)NC(=O)[C@H]([C@@H](C)CC)NC1=O. The third-order valence-corrected chi connectivity index (χ3v) is 8.18. The van der Waals surface area contributed by atoms with Gasteiger partial charge in [-0.15, -0.1) is 0 Å². The van der Waals surface area contributed by atoms with Gasteiger partial charge in [-0.3, -0.25) is 28.5 Å². The molecule has 13 heteroatoms. The van der Waals surface area contributed by atoms with Gasteiger partial charge >= 0.3 is 0 Å².